The quantitative estimate of drug-likeness (QED) is 0.159. The molecule has 1 aliphatic carbocycles. The Morgan fingerprint density at radius 1 is 0.369 bits per heavy atom. The first-order valence-electron chi connectivity index (χ1n) is 23.6. The number of rotatable bonds is 5. The molecular weight excluding hydrogens is 785 g/mol. The standard InChI is InChI=1S/C63H50N2/c1-63(2)57-24-10-9-22-50(57)51-32-29-46(38-58(51)63)61-53-33-30-48(65-36-14-20-43-17-6-12-26-60(43)65)40-56(53)62(52-23-8-7-21-49(52)45-28-27-41-15-3-4-18-44(41)37-45)54-34-31-47(39-55(54)61)64-35-13-19-42-16-5-11-25-59(42)64/h3-12,15-18,21-34,37-40H,13-14,19-20,35-36H2,1-2H3. The predicted octanol–water partition coefficient (Wildman–Crippen LogP) is 16.6. The van der Waals surface area contributed by atoms with Gasteiger partial charge in [0, 0.05) is 41.3 Å². The van der Waals surface area contributed by atoms with Crippen LogP contribution >= 0.6 is 0 Å². The molecule has 10 aromatic carbocycles. The lowest BCUT2D eigenvalue weighted by atomic mass is 9.80. The molecule has 0 bridgehead atoms. The molecule has 2 nitrogen and oxygen atoms in total. The Morgan fingerprint density at radius 2 is 0.908 bits per heavy atom. The lowest BCUT2D eigenvalue weighted by Crippen LogP contribution is -2.24. The Hall–Kier alpha value is -7.42. The summed E-state index contributed by atoms with van der Waals surface area (Å²) in [5.41, 5.74) is 20.9. The Balaban J connectivity index is 1.13. The number of aryl methyl sites for hydroxylation is 2. The summed E-state index contributed by atoms with van der Waals surface area (Å²) in [5, 5.41) is 7.62. The lowest BCUT2D eigenvalue weighted by Gasteiger charge is -2.33. The molecule has 0 amide bonds. The molecule has 0 atom stereocenters. The van der Waals surface area contributed by atoms with Gasteiger partial charge in [-0.1, -0.05) is 159 Å². The van der Waals surface area contributed by atoms with E-state index in [1.165, 1.54) is 122 Å². The second-order valence-corrected chi connectivity index (χ2v) is 19.0. The van der Waals surface area contributed by atoms with Gasteiger partial charge in [-0.25, -0.2) is 0 Å². The van der Waals surface area contributed by atoms with Crippen LogP contribution in [0.5, 0.6) is 0 Å². The first-order chi connectivity index (χ1) is 32.0. The largest absolute Gasteiger partial charge is 0.341 e. The van der Waals surface area contributed by atoms with Crippen LogP contribution in [0.25, 0.3) is 76.8 Å². The molecule has 65 heavy (non-hydrogen) atoms. The minimum Gasteiger partial charge on any atom is -0.341 e. The lowest BCUT2D eigenvalue weighted by molar-refractivity contribution is 0.660. The van der Waals surface area contributed by atoms with Crippen molar-refractivity contribution in [3.63, 3.8) is 0 Å². The van der Waals surface area contributed by atoms with Crippen LogP contribution in [0, 0.1) is 0 Å². The average molecular weight is 835 g/mol. The Kier molecular flexibility index (Phi) is 8.68. The summed E-state index contributed by atoms with van der Waals surface area (Å²) in [6.07, 6.45) is 4.49. The zero-order valence-electron chi connectivity index (χ0n) is 37.1. The van der Waals surface area contributed by atoms with Gasteiger partial charge in [0.05, 0.1) is 0 Å². The molecule has 0 spiro atoms. The van der Waals surface area contributed by atoms with Crippen molar-refractivity contribution in [1.82, 2.24) is 0 Å². The Morgan fingerprint density at radius 3 is 1.62 bits per heavy atom. The van der Waals surface area contributed by atoms with Crippen molar-refractivity contribution in [2.75, 3.05) is 22.9 Å². The van der Waals surface area contributed by atoms with E-state index in [2.05, 4.69) is 218 Å². The molecule has 0 radical (unpaired) electrons. The average Bonchev–Trinajstić information content (AvgIpc) is 3.59. The molecule has 312 valence electrons. The summed E-state index contributed by atoms with van der Waals surface area (Å²) >= 11 is 0. The first-order valence-corrected chi connectivity index (χ1v) is 23.6. The zero-order chi connectivity index (χ0) is 43.2. The van der Waals surface area contributed by atoms with E-state index in [1.807, 2.05) is 0 Å². The minimum absolute atomic E-state index is 0.121. The second-order valence-electron chi connectivity index (χ2n) is 19.0. The number of nitrogens with zero attached hydrogens (tertiary/aromatic N) is 2. The monoisotopic (exact) mass is 834 g/mol. The van der Waals surface area contributed by atoms with Crippen molar-refractivity contribution in [2.45, 2.75) is 44.9 Å². The summed E-state index contributed by atoms with van der Waals surface area (Å²) in [6.45, 7) is 6.79. The molecule has 10 aromatic rings. The molecule has 0 saturated carbocycles. The zero-order valence-corrected chi connectivity index (χ0v) is 37.1. The minimum atomic E-state index is -0.121. The van der Waals surface area contributed by atoms with Gasteiger partial charge in [0.2, 0.25) is 0 Å². The highest BCUT2D eigenvalue weighted by Gasteiger charge is 2.36. The van der Waals surface area contributed by atoms with Crippen LogP contribution in [0.1, 0.15) is 48.9 Å². The van der Waals surface area contributed by atoms with E-state index in [-0.39, 0.29) is 5.41 Å². The van der Waals surface area contributed by atoms with Crippen molar-refractivity contribution in [3.05, 3.63) is 216 Å². The van der Waals surface area contributed by atoms with Crippen molar-refractivity contribution >= 4 is 55.1 Å². The van der Waals surface area contributed by atoms with Crippen LogP contribution in [0.15, 0.2) is 194 Å². The highest BCUT2D eigenvalue weighted by Crippen LogP contribution is 2.53. The van der Waals surface area contributed by atoms with E-state index < -0.39 is 0 Å². The Labute approximate surface area is 382 Å². The summed E-state index contributed by atoms with van der Waals surface area (Å²) < 4.78 is 0. The molecule has 0 N–H and O–H groups in total. The normalized spacial score (nSPS) is 14.9. The van der Waals surface area contributed by atoms with Crippen LogP contribution in [0.4, 0.5) is 22.7 Å². The van der Waals surface area contributed by atoms with E-state index in [9.17, 15) is 0 Å². The smallest absolute Gasteiger partial charge is 0.0443 e. The summed E-state index contributed by atoms with van der Waals surface area (Å²) in [7, 11) is 0. The van der Waals surface area contributed by atoms with Gasteiger partial charge < -0.3 is 9.80 Å². The topological polar surface area (TPSA) is 6.48 Å². The summed E-state index contributed by atoms with van der Waals surface area (Å²) in [6, 6.07) is 73.9. The first kappa shape index (κ1) is 38.1. The second kappa shape index (κ2) is 14.8. The fraction of sp³-hybridized carbons (Fsp3) is 0.143. The van der Waals surface area contributed by atoms with Gasteiger partial charge in [-0.05, 0) is 173 Å². The number of benzene rings is 10. The SMILES string of the molecule is CC1(C)c2ccccc2-c2ccc(-c3c4cc(N5CCCc6ccccc65)ccc4c(-c4ccccc4-c4ccc5ccccc5c4)c4cc(N5CCCc6ccccc65)ccc34)cc21. The van der Waals surface area contributed by atoms with E-state index in [0.29, 0.717) is 0 Å². The third-order valence-corrected chi connectivity index (χ3v) is 15.1. The molecule has 13 rings (SSSR count). The van der Waals surface area contributed by atoms with Gasteiger partial charge in [-0.2, -0.15) is 0 Å². The van der Waals surface area contributed by atoms with Gasteiger partial charge in [0.25, 0.3) is 0 Å². The number of hydrogen-bond acceptors (Lipinski definition) is 2. The highest BCUT2D eigenvalue weighted by molar-refractivity contribution is 6.23. The van der Waals surface area contributed by atoms with Gasteiger partial charge in [-0.15, -0.1) is 0 Å². The highest BCUT2D eigenvalue weighted by atomic mass is 15.1. The van der Waals surface area contributed by atoms with E-state index >= 15 is 0 Å². The number of fused-ring (bicyclic) bond motifs is 8. The number of hydrogen-bond donors (Lipinski definition) is 0. The van der Waals surface area contributed by atoms with Gasteiger partial charge in [-0.3, -0.25) is 0 Å². The maximum absolute atomic E-state index is 2.56. The number of anilines is 4. The summed E-state index contributed by atoms with van der Waals surface area (Å²) in [4.78, 5) is 5.13. The molecule has 2 aliphatic heterocycles. The maximum Gasteiger partial charge on any atom is 0.0443 e. The molecule has 0 fully saturated rings. The molecule has 2 heterocycles. The van der Waals surface area contributed by atoms with Crippen LogP contribution in [0.2, 0.25) is 0 Å². The molecule has 2 heteroatoms. The van der Waals surface area contributed by atoms with Crippen LogP contribution in [-0.4, -0.2) is 13.1 Å². The molecule has 0 unspecified atom stereocenters. The molecule has 3 aliphatic rings. The molecular formula is C63H50N2. The Bertz CT molecular complexity index is 3560. The van der Waals surface area contributed by atoms with E-state index in [0.717, 1.165) is 38.8 Å². The van der Waals surface area contributed by atoms with Crippen molar-refractivity contribution < 1.29 is 0 Å². The van der Waals surface area contributed by atoms with E-state index in [4.69, 9.17) is 0 Å². The molecule has 0 aromatic heterocycles. The van der Waals surface area contributed by atoms with Gasteiger partial charge >= 0.3 is 0 Å². The fourth-order valence-electron chi connectivity index (χ4n) is 11.9. The van der Waals surface area contributed by atoms with E-state index in [1.54, 1.807) is 0 Å². The van der Waals surface area contributed by atoms with Crippen molar-refractivity contribution in [1.29, 1.82) is 0 Å². The van der Waals surface area contributed by atoms with Gasteiger partial charge in [0.1, 0.15) is 0 Å². The van der Waals surface area contributed by atoms with Crippen LogP contribution < -0.4 is 9.80 Å². The molecule has 0 saturated heterocycles. The maximum atomic E-state index is 2.56. The van der Waals surface area contributed by atoms with Crippen LogP contribution in [-0.2, 0) is 18.3 Å². The predicted molar refractivity (Wildman–Crippen MR) is 276 cm³/mol. The number of para-hydroxylation sites is 2. The van der Waals surface area contributed by atoms with Crippen molar-refractivity contribution in [2.24, 2.45) is 0 Å². The third-order valence-electron chi connectivity index (χ3n) is 15.1. The van der Waals surface area contributed by atoms with Crippen molar-refractivity contribution in [3.8, 4) is 44.5 Å². The third kappa shape index (κ3) is 6.00. The van der Waals surface area contributed by atoms with Crippen LogP contribution in [0.3, 0.4) is 0 Å². The van der Waals surface area contributed by atoms with Gasteiger partial charge in [0.15, 0.2) is 0 Å². The summed E-state index contributed by atoms with van der Waals surface area (Å²) in [5.74, 6) is 0. The fourth-order valence-corrected chi connectivity index (χ4v) is 11.9.